The number of amides is 2. The van der Waals surface area contributed by atoms with Gasteiger partial charge in [0.15, 0.2) is 0 Å². The summed E-state index contributed by atoms with van der Waals surface area (Å²) in [6.45, 7) is 2.64. The monoisotopic (exact) mass is 403 g/mol. The number of hydrogen-bond donors (Lipinski definition) is 2. The molecule has 0 aromatic heterocycles. The SMILES string of the molecule is CCOc1ccc(NC(=O)CNc2ccc(C(=O)N(C)c3ccccc3)cc2)cc1. The van der Waals surface area contributed by atoms with Crippen molar-refractivity contribution in [1.82, 2.24) is 0 Å². The summed E-state index contributed by atoms with van der Waals surface area (Å²) >= 11 is 0. The zero-order chi connectivity index (χ0) is 21.3. The summed E-state index contributed by atoms with van der Waals surface area (Å²) in [5, 5.41) is 5.89. The highest BCUT2D eigenvalue weighted by Gasteiger charge is 2.13. The highest BCUT2D eigenvalue weighted by Crippen LogP contribution is 2.17. The second kappa shape index (κ2) is 10.1. The minimum atomic E-state index is -0.164. The fraction of sp³-hybridized carbons (Fsp3) is 0.167. The van der Waals surface area contributed by atoms with Gasteiger partial charge in [-0.2, -0.15) is 0 Å². The molecule has 0 aliphatic heterocycles. The lowest BCUT2D eigenvalue weighted by molar-refractivity contribution is -0.114. The lowest BCUT2D eigenvalue weighted by atomic mass is 10.1. The first-order valence-electron chi connectivity index (χ1n) is 9.76. The predicted molar refractivity (Wildman–Crippen MR) is 120 cm³/mol. The van der Waals surface area contributed by atoms with E-state index in [-0.39, 0.29) is 18.4 Å². The zero-order valence-corrected chi connectivity index (χ0v) is 17.1. The van der Waals surface area contributed by atoms with Gasteiger partial charge in [0, 0.05) is 29.7 Å². The Hall–Kier alpha value is -3.80. The Morgan fingerprint density at radius 3 is 2.13 bits per heavy atom. The number of carbonyl (C=O) groups is 2. The molecule has 154 valence electrons. The second-order valence-electron chi connectivity index (χ2n) is 6.64. The van der Waals surface area contributed by atoms with E-state index in [4.69, 9.17) is 4.74 Å². The van der Waals surface area contributed by atoms with Crippen molar-refractivity contribution in [1.29, 1.82) is 0 Å². The van der Waals surface area contributed by atoms with Crippen LogP contribution < -0.4 is 20.3 Å². The van der Waals surface area contributed by atoms with Crippen molar-refractivity contribution in [2.24, 2.45) is 0 Å². The number of hydrogen-bond acceptors (Lipinski definition) is 4. The van der Waals surface area contributed by atoms with E-state index >= 15 is 0 Å². The van der Waals surface area contributed by atoms with Crippen molar-refractivity contribution in [3.05, 3.63) is 84.4 Å². The number of nitrogens with one attached hydrogen (secondary N) is 2. The molecule has 2 amide bonds. The molecule has 6 heteroatoms. The Morgan fingerprint density at radius 2 is 1.50 bits per heavy atom. The van der Waals surface area contributed by atoms with Crippen molar-refractivity contribution in [2.75, 3.05) is 35.7 Å². The first-order valence-corrected chi connectivity index (χ1v) is 9.76. The van der Waals surface area contributed by atoms with E-state index in [9.17, 15) is 9.59 Å². The standard InChI is InChI=1S/C24H25N3O3/c1-3-30-22-15-13-20(14-16-22)26-23(28)17-25-19-11-9-18(10-12-19)24(29)27(2)21-7-5-4-6-8-21/h4-16,25H,3,17H2,1-2H3,(H,26,28). The molecule has 0 saturated heterocycles. The Balaban J connectivity index is 1.51. The summed E-state index contributed by atoms with van der Waals surface area (Å²) in [6, 6.07) is 23.8. The molecule has 0 heterocycles. The van der Waals surface area contributed by atoms with Gasteiger partial charge in [0.2, 0.25) is 5.91 Å². The molecule has 0 radical (unpaired) electrons. The number of anilines is 3. The summed E-state index contributed by atoms with van der Waals surface area (Å²) in [5.41, 5.74) is 2.87. The number of rotatable bonds is 8. The van der Waals surface area contributed by atoms with Crippen LogP contribution in [0, 0.1) is 0 Å². The van der Waals surface area contributed by atoms with Gasteiger partial charge in [-0.25, -0.2) is 0 Å². The summed E-state index contributed by atoms with van der Waals surface area (Å²) in [6.07, 6.45) is 0. The average molecular weight is 403 g/mol. The van der Waals surface area contributed by atoms with Gasteiger partial charge in [-0.1, -0.05) is 18.2 Å². The highest BCUT2D eigenvalue weighted by atomic mass is 16.5. The first kappa shape index (κ1) is 20.9. The molecule has 0 fully saturated rings. The number of carbonyl (C=O) groups excluding carboxylic acids is 2. The molecule has 6 nitrogen and oxygen atoms in total. The molecular weight excluding hydrogens is 378 g/mol. The zero-order valence-electron chi connectivity index (χ0n) is 17.1. The third-order valence-corrected chi connectivity index (χ3v) is 4.48. The van der Waals surface area contributed by atoms with Gasteiger partial charge >= 0.3 is 0 Å². The van der Waals surface area contributed by atoms with Gasteiger partial charge in [0.05, 0.1) is 13.2 Å². The smallest absolute Gasteiger partial charge is 0.258 e. The van der Waals surface area contributed by atoms with Gasteiger partial charge in [-0.15, -0.1) is 0 Å². The van der Waals surface area contributed by atoms with Crippen LogP contribution >= 0.6 is 0 Å². The summed E-state index contributed by atoms with van der Waals surface area (Å²) in [5.74, 6) is 0.505. The highest BCUT2D eigenvalue weighted by molar-refractivity contribution is 6.05. The fourth-order valence-corrected chi connectivity index (χ4v) is 2.88. The molecule has 3 aromatic carbocycles. The van der Waals surface area contributed by atoms with Crippen LogP contribution in [0.2, 0.25) is 0 Å². The molecule has 0 aliphatic rings. The second-order valence-corrected chi connectivity index (χ2v) is 6.64. The lowest BCUT2D eigenvalue weighted by Crippen LogP contribution is -2.26. The van der Waals surface area contributed by atoms with E-state index in [1.165, 1.54) is 0 Å². The maximum absolute atomic E-state index is 12.6. The molecule has 30 heavy (non-hydrogen) atoms. The maximum atomic E-state index is 12.6. The van der Waals surface area contributed by atoms with E-state index in [0.717, 1.165) is 17.1 Å². The van der Waals surface area contributed by atoms with Crippen LogP contribution in [-0.4, -0.2) is 32.0 Å². The number of ether oxygens (including phenoxy) is 1. The van der Waals surface area contributed by atoms with E-state index in [1.54, 1.807) is 48.3 Å². The molecule has 0 bridgehead atoms. The number of para-hydroxylation sites is 1. The molecule has 0 aliphatic carbocycles. The van der Waals surface area contributed by atoms with Crippen molar-refractivity contribution in [2.45, 2.75) is 6.92 Å². The van der Waals surface area contributed by atoms with Crippen molar-refractivity contribution in [3.8, 4) is 5.75 Å². The minimum Gasteiger partial charge on any atom is -0.494 e. The summed E-state index contributed by atoms with van der Waals surface area (Å²) < 4.78 is 5.39. The molecule has 0 spiro atoms. The fourth-order valence-electron chi connectivity index (χ4n) is 2.88. The number of nitrogens with zero attached hydrogens (tertiary/aromatic N) is 1. The Morgan fingerprint density at radius 1 is 0.867 bits per heavy atom. The molecule has 2 N–H and O–H groups in total. The lowest BCUT2D eigenvalue weighted by Gasteiger charge is -2.17. The predicted octanol–water partition coefficient (Wildman–Crippen LogP) is 4.41. The van der Waals surface area contributed by atoms with Crippen molar-refractivity contribution >= 4 is 28.9 Å². The van der Waals surface area contributed by atoms with Gasteiger partial charge in [-0.05, 0) is 67.6 Å². The van der Waals surface area contributed by atoms with Gasteiger partial charge in [-0.3, -0.25) is 9.59 Å². The summed E-state index contributed by atoms with van der Waals surface area (Å²) in [4.78, 5) is 26.4. The van der Waals surface area contributed by atoms with Crippen LogP contribution in [0.25, 0.3) is 0 Å². The summed E-state index contributed by atoms with van der Waals surface area (Å²) in [7, 11) is 1.75. The third kappa shape index (κ3) is 5.61. The maximum Gasteiger partial charge on any atom is 0.258 e. The Kier molecular flexibility index (Phi) is 7.05. The molecule has 0 unspecified atom stereocenters. The van der Waals surface area contributed by atoms with Gasteiger partial charge in [0.1, 0.15) is 5.75 Å². The number of benzene rings is 3. The molecule has 3 rings (SSSR count). The molecule has 0 atom stereocenters. The normalized spacial score (nSPS) is 10.2. The van der Waals surface area contributed by atoms with E-state index in [0.29, 0.717) is 17.9 Å². The van der Waals surface area contributed by atoms with Crippen LogP contribution in [0.4, 0.5) is 17.1 Å². The van der Waals surface area contributed by atoms with Crippen LogP contribution in [0.3, 0.4) is 0 Å². The van der Waals surface area contributed by atoms with Crippen molar-refractivity contribution < 1.29 is 14.3 Å². The van der Waals surface area contributed by atoms with E-state index < -0.39 is 0 Å². The molecular formula is C24H25N3O3. The molecule has 0 saturated carbocycles. The largest absolute Gasteiger partial charge is 0.494 e. The van der Waals surface area contributed by atoms with Gasteiger partial charge < -0.3 is 20.3 Å². The quantitative estimate of drug-likeness (QED) is 0.584. The van der Waals surface area contributed by atoms with Crippen LogP contribution in [0.1, 0.15) is 17.3 Å². The first-order chi connectivity index (χ1) is 14.6. The van der Waals surface area contributed by atoms with E-state index in [1.807, 2.05) is 49.4 Å². The van der Waals surface area contributed by atoms with Crippen LogP contribution in [-0.2, 0) is 4.79 Å². The Labute approximate surface area is 176 Å². The topological polar surface area (TPSA) is 70.7 Å². The average Bonchev–Trinajstić information content (AvgIpc) is 2.79. The van der Waals surface area contributed by atoms with Crippen molar-refractivity contribution in [3.63, 3.8) is 0 Å². The van der Waals surface area contributed by atoms with Gasteiger partial charge in [0.25, 0.3) is 5.91 Å². The Bertz CT molecular complexity index is 971. The molecule has 3 aromatic rings. The minimum absolute atomic E-state index is 0.0963. The van der Waals surface area contributed by atoms with Crippen LogP contribution in [0.5, 0.6) is 5.75 Å². The van der Waals surface area contributed by atoms with E-state index in [2.05, 4.69) is 10.6 Å². The van der Waals surface area contributed by atoms with Crippen LogP contribution in [0.15, 0.2) is 78.9 Å². The third-order valence-electron chi connectivity index (χ3n) is 4.48.